The van der Waals surface area contributed by atoms with E-state index in [1.54, 1.807) is 35.2 Å². The Morgan fingerprint density at radius 2 is 1.63 bits per heavy atom. The molecular formula is C19H18Cl2N2O3S. The Morgan fingerprint density at radius 3 is 2.33 bits per heavy atom. The standard InChI is InChI=1S/C19H18Cl2N2O3S/c20-14-5-7-15(8-6-14)23-18-12-27(25,26)11-17(18)22(10-19(23)24)9-13-3-1-2-4-16(13)21/h1-8,17-18H,9-12H2. The van der Waals surface area contributed by atoms with Gasteiger partial charge in [-0.2, -0.15) is 0 Å². The van der Waals surface area contributed by atoms with E-state index in [1.807, 2.05) is 23.1 Å². The number of benzene rings is 2. The third kappa shape index (κ3) is 3.72. The highest BCUT2D eigenvalue weighted by Gasteiger charge is 2.49. The van der Waals surface area contributed by atoms with Gasteiger partial charge in [0.1, 0.15) is 0 Å². The van der Waals surface area contributed by atoms with Crippen LogP contribution >= 0.6 is 23.2 Å². The van der Waals surface area contributed by atoms with Gasteiger partial charge in [-0.3, -0.25) is 9.69 Å². The first-order chi connectivity index (χ1) is 12.8. The van der Waals surface area contributed by atoms with Gasteiger partial charge >= 0.3 is 0 Å². The van der Waals surface area contributed by atoms with Gasteiger partial charge in [0.25, 0.3) is 0 Å². The van der Waals surface area contributed by atoms with Crippen LogP contribution in [0.4, 0.5) is 5.69 Å². The lowest BCUT2D eigenvalue weighted by molar-refractivity contribution is -0.123. The number of amides is 1. The topological polar surface area (TPSA) is 57.7 Å². The van der Waals surface area contributed by atoms with Crippen molar-refractivity contribution < 1.29 is 13.2 Å². The van der Waals surface area contributed by atoms with Gasteiger partial charge in [-0.25, -0.2) is 8.42 Å². The van der Waals surface area contributed by atoms with Crippen molar-refractivity contribution in [2.45, 2.75) is 18.6 Å². The highest BCUT2D eigenvalue weighted by atomic mass is 35.5. The Balaban J connectivity index is 1.68. The van der Waals surface area contributed by atoms with Crippen LogP contribution in [0.3, 0.4) is 0 Å². The highest BCUT2D eigenvalue weighted by Crippen LogP contribution is 2.33. The van der Waals surface area contributed by atoms with Crippen LogP contribution in [-0.4, -0.2) is 49.4 Å². The monoisotopic (exact) mass is 424 g/mol. The minimum absolute atomic E-state index is 0.0367. The molecule has 2 aliphatic rings. The molecule has 2 aromatic rings. The molecule has 2 aliphatic heterocycles. The van der Waals surface area contributed by atoms with E-state index in [4.69, 9.17) is 23.2 Å². The molecule has 2 aromatic carbocycles. The number of sulfone groups is 1. The molecule has 5 nitrogen and oxygen atoms in total. The first kappa shape index (κ1) is 18.7. The van der Waals surface area contributed by atoms with Gasteiger partial charge in [-0.1, -0.05) is 41.4 Å². The highest BCUT2D eigenvalue weighted by molar-refractivity contribution is 7.91. The first-order valence-electron chi connectivity index (χ1n) is 8.59. The number of hydrogen-bond acceptors (Lipinski definition) is 4. The maximum Gasteiger partial charge on any atom is 0.241 e. The zero-order chi connectivity index (χ0) is 19.2. The molecular weight excluding hydrogens is 407 g/mol. The summed E-state index contributed by atoms with van der Waals surface area (Å²) in [6, 6.07) is 13.7. The summed E-state index contributed by atoms with van der Waals surface area (Å²) in [7, 11) is -3.23. The van der Waals surface area contributed by atoms with E-state index in [2.05, 4.69) is 0 Å². The minimum atomic E-state index is -3.23. The maximum atomic E-state index is 12.9. The van der Waals surface area contributed by atoms with Crippen LogP contribution in [0.15, 0.2) is 48.5 Å². The molecule has 0 radical (unpaired) electrons. The van der Waals surface area contributed by atoms with Crippen molar-refractivity contribution in [3.8, 4) is 0 Å². The van der Waals surface area contributed by atoms with Crippen LogP contribution in [0, 0.1) is 0 Å². The first-order valence-corrected chi connectivity index (χ1v) is 11.2. The van der Waals surface area contributed by atoms with Crippen molar-refractivity contribution in [1.82, 2.24) is 4.90 Å². The molecule has 2 saturated heterocycles. The number of hydrogen-bond donors (Lipinski definition) is 0. The van der Waals surface area contributed by atoms with Crippen molar-refractivity contribution >= 4 is 44.6 Å². The summed E-state index contributed by atoms with van der Waals surface area (Å²) >= 11 is 12.2. The molecule has 27 heavy (non-hydrogen) atoms. The Labute approximate surface area is 168 Å². The van der Waals surface area contributed by atoms with Crippen molar-refractivity contribution in [3.63, 3.8) is 0 Å². The Bertz CT molecular complexity index is 979. The van der Waals surface area contributed by atoms with E-state index in [0.29, 0.717) is 22.3 Å². The number of fused-ring (bicyclic) bond motifs is 1. The molecule has 142 valence electrons. The predicted molar refractivity (Wildman–Crippen MR) is 107 cm³/mol. The van der Waals surface area contributed by atoms with E-state index in [1.165, 1.54) is 0 Å². The zero-order valence-corrected chi connectivity index (χ0v) is 16.7. The fraction of sp³-hybridized carbons (Fsp3) is 0.316. The fourth-order valence-corrected chi connectivity index (χ4v) is 6.22. The lowest BCUT2D eigenvalue weighted by atomic mass is 10.0. The van der Waals surface area contributed by atoms with E-state index in [-0.39, 0.29) is 30.0 Å². The number of piperazine rings is 1. The van der Waals surface area contributed by atoms with Gasteiger partial charge in [0.15, 0.2) is 9.84 Å². The van der Waals surface area contributed by atoms with Gasteiger partial charge in [0, 0.05) is 28.3 Å². The summed E-state index contributed by atoms with van der Waals surface area (Å²) in [6.07, 6.45) is 0. The summed E-state index contributed by atoms with van der Waals surface area (Å²) in [5.74, 6) is -0.118. The molecule has 2 fully saturated rings. The SMILES string of the molecule is O=C1CN(Cc2ccccc2Cl)C2CS(=O)(=O)CC2N1c1ccc(Cl)cc1. The smallest absolute Gasteiger partial charge is 0.241 e. The van der Waals surface area contributed by atoms with Gasteiger partial charge in [-0.15, -0.1) is 0 Å². The quantitative estimate of drug-likeness (QED) is 0.759. The Hall–Kier alpha value is -1.60. The van der Waals surface area contributed by atoms with E-state index >= 15 is 0 Å². The Morgan fingerprint density at radius 1 is 0.963 bits per heavy atom. The van der Waals surface area contributed by atoms with Gasteiger partial charge in [0.2, 0.25) is 5.91 Å². The second-order valence-corrected chi connectivity index (χ2v) is 9.95. The largest absolute Gasteiger partial charge is 0.306 e. The fourth-order valence-electron chi connectivity index (χ4n) is 3.91. The van der Waals surface area contributed by atoms with Crippen LogP contribution < -0.4 is 4.90 Å². The van der Waals surface area contributed by atoms with Crippen molar-refractivity contribution in [3.05, 3.63) is 64.1 Å². The second kappa shape index (κ2) is 7.09. The van der Waals surface area contributed by atoms with E-state index in [0.717, 1.165) is 5.56 Å². The van der Waals surface area contributed by atoms with Crippen LogP contribution in [0.5, 0.6) is 0 Å². The van der Waals surface area contributed by atoms with Crippen LogP contribution in [0.25, 0.3) is 0 Å². The maximum absolute atomic E-state index is 12.9. The summed E-state index contributed by atoms with van der Waals surface area (Å²) in [5, 5.41) is 1.18. The average molecular weight is 425 g/mol. The van der Waals surface area contributed by atoms with Crippen LogP contribution in [0.1, 0.15) is 5.56 Å². The lowest BCUT2D eigenvalue weighted by Gasteiger charge is -2.43. The molecule has 1 amide bonds. The minimum Gasteiger partial charge on any atom is -0.306 e. The van der Waals surface area contributed by atoms with Gasteiger partial charge in [-0.05, 0) is 35.9 Å². The molecule has 0 N–H and O–H groups in total. The second-order valence-electron chi connectivity index (χ2n) is 6.95. The average Bonchev–Trinajstić information content (AvgIpc) is 2.93. The van der Waals surface area contributed by atoms with E-state index in [9.17, 15) is 13.2 Å². The van der Waals surface area contributed by atoms with Crippen molar-refractivity contribution in [2.24, 2.45) is 0 Å². The number of anilines is 1. The summed E-state index contributed by atoms with van der Waals surface area (Å²) in [5.41, 5.74) is 1.56. The molecule has 2 atom stereocenters. The predicted octanol–water partition coefficient (Wildman–Crippen LogP) is 3.01. The summed E-state index contributed by atoms with van der Waals surface area (Å²) in [4.78, 5) is 16.5. The molecule has 2 heterocycles. The summed E-state index contributed by atoms with van der Waals surface area (Å²) < 4.78 is 24.8. The van der Waals surface area contributed by atoms with Crippen LogP contribution in [0.2, 0.25) is 10.0 Å². The van der Waals surface area contributed by atoms with E-state index < -0.39 is 15.9 Å². The third-order valence-electron chi connectivity index (χ3n) is 5.14. The molecule has 8 heteroatoms. The molecule has 0 bridgehead atoms. The number of carbonyl (C=O) groups is 1. The molecule has 0 aromatic heterocycles. The normalized spacial score (nSPS) is 24.8. The molecule has 4 rings (SSSR count). The number of halogens is 2. The number of rotatable bonds is 3. The number of carbonyl (C=O) groups excluding carboxylic acids is 1. The van der Waals surface area contributed by atoms with Gasteiger partial charge < -0.3 is 4.90 Å². The third-order valence-corrected chi connectivity index (χ3v) is 7.46. The Kier molecular flexibility index (Phi) is 4.93. The van der Waals surface area contributed by atoms with Crippen molar-refractivity contribution in [1.29, 1.82) is 0 Å². The summed E-state index contributed by atoms with van der Waals surface area (Å²) in [6.45, 7) is 0.584. The van der Waals surface area contributed by atoms with Crippen LogP contribution in [-0.2, 0) is 21.2 Å². The zero-order valence-electron chi connectivity index (χ0n) is 14.4. The molecule has 0 spiro atoms. The van der Waals surface area contributed by atoms with Gasteiger partial charge in [0.05, 0.1) is 24.1 Å². The molecule has 0 saturated carbocycles. The molecule has 0 aliphatic carbocycles. The number of nitrogens with zero attached hydrogens (tertiary/aromatic N) is 2. The lowest BCUT2D eigenvalue weighted by Crippen LogP contribution is -2.61. The van der Waals surface area contributed by atoms with Crippen molar-refractivity contribution in [2.75, 3.05) is 23.0 Å². The molecule has 2 unspecified atom stereocenters.